The monoisotopic (exact) mass is 165 g/mol. The van der Waals surface area contributed by atoms with E-state index in [0.717, 1.165) is 12.8 Å². The van der Waals surface area contributed by atoms with Gasteiger partial charge in [0.25, 0.3) is 0 Å². The number of rotatable bonds is 2. The summed E-state index contributed by atoms with van der Waals surface area (Å²) < 4.78 is 0. The zero-order chi connectivity index (χ0) is 8.55. The van der Waals surface area contributed by atoms with Gasteiger partial charge in [0.1, 0.15) is 0 Å². The van der Waals surface area contributed by atoms with Crippen LogP contribution < -0.4 is 5.32 Å². The van der Waals surface area contributed by atoms with Gasteiger partial charge in [-0.15, -0.1) is 0 Å². The molecule has 2 unspecified atom stereocenters. The van der Waals surface area contributed by atoms with Crippen molar-refractivity contribution < 1.29 is 0 Å². The molecule has 1 aliphatic rings. The van der Waals surface area contributed by atoms with Crippen molar-refractivity contribution in [1.29, 1.82) is 0 Å². The highest BCUT2D eigenvalue weighted by atomic mass is 15.1. The number of aromatic nitrogens is 2. The number of hydrogen-bond acceptors (Lipinski definition) is 2. The summed E-state index contributed by atoms with van der Waals surface area (Å²) in [5.41, 5.74) is 2.52. The molecule has 0 saturated carbocycles. The second kappa shape index (κ2) is 2.90. The van der Waals surface area contributed by atoms with Crippen LogP contribution in [0.25, 0.3) is 0 Å². The van der Waals surface area contributed by atoms with Gasteiger partial charge >= 0.3 is 0 Å². The van der Waals surface area contributed by atoms with Gasteiger partial charge in [0.05, 0.1) is 23.8 Å². The van der Waals surface area contributed by atoms with Crippen molar-refractivity contribution >= 4 is 0 Å². The highest BCUT2D eigenvalue weighted by molar-refractivity contribution is 5.25. The fourth-order valence-electron chi connectivity index (χ4n) is 1.91. The number of fused-ring (bicyclic) bond motifs is 1. The van der Waals surface area contributed by atoms with Gasteiger partial charge < -0.3 is 10.3 Å². The zero-order valence-electron chi connectivity index (χ0n) is 7.59. The van der Waals surface area contributed by atoms with Crippen LogP contribution in [0.2, 0.25) is 0 Å². The van der Waals surface area contributed by atoms with E-state index in [4.69, 9.17) is 0 Å². The van der Waals surface area contributed by atoms with Gasteiger partial charge in [0.15, 0.2) is 0 Å². The first kappa shape index (κ1) is 7.80. The van der Waals surface area contributed by atoms with Crippen LogP contribution in [0.1, 0.15) is 50.2 Å². The molecule has 0 spiro atoms. The lowest BCUT2D eigenvalue weighted by Gasteiger charge is -2.10. The molecule has 3 nitrogen and oxygen atoms in total. The number of H-pyrrole nitrogens is 1. The van der Waals surface area contributed by atoms with E-state index in [1.54, 1.807) is 6.33 Å². The molecule has 2 heterocycles. The normalized spacial score (nSPS) is 27.5. The molecule has 1 aromatic rings. The van der Waals surface area contributed by atoms with Crippen LogP contribution >= 0.6 is 0 Å². The molecule has 0 fully saturated rings. The second-order valence-electron chi connectivity index (χ2n) is 3.29. The molecule has 66 valence electrons. The maximum atomic E-state index is 4.33. The molecule has 1 aromatic heterocycles. The Morgan fingerprint density at radius 1 is 1.33 bits per heavy atom. The largest absolute Gasteiger partial charge is 0.347 e. The van der Waals surface area contributed by atoms with Crippen LogP contribution in [0.3, 0.4) is 0 Å². The molecule has 0 amide bonds. The van der Waals surface area contributed by atoms with Gasteiger partial charge in [-0.25, -0.2) is 4.98 Å². The lowest BCUT2D eigenvalue weighted by atomic mass is 10.1. The Kier molecular flexibility index (Phi) is 1.89. The topological polar surface area (TPSA) is 40.7 Å². The van der Waals surface area contributed by atoms with Crippen molar-refractivity contribution in [3.63, 3.8) is 0 Å². The van der Waals surface area contributed by atoms with Crippen LogP contribution in [0.5, 0.6) is 0 Å². The van der Waals surface area contributed by atoms with E-state index in [1.165, 1.54) is 11.4 Å². The fraction of sp³-hybridized carbons (Fsp3) is 0.667. The lowest BCUT2D eigenvalue weighted by molar-refractivity contribution is 0.466. The van der Waals surface area contributed by atoms with E-state index >= 15 is 0 Å². The third kappa shape index (κ3) is 0.966. The summed E-state index contributed by atoms with van der Waals surface area (Å²) in [6, 6.07) is 0.962. The van der Waals surface area contributed by atoms with Crippen molar-refractivity contribution in [2.45, 2.75) is 38.8 Å². The molecule has 0 radical (unpaired) electrons. The van der Waals surface area contributed by atoms with E-state index in [0.29, 0.717) is 12.1 Å². The minimum atomic E-state index is 0.469. The van der Waals surface area contributed by atoms with Crippen LogP contribution in [0.4, 0.5) is 0 Å². The number of nitrogens with one attached hydrogen (secondary N) is 2. The Bertz CT molecular complexity index is 242. The van der Waals surface area contributed by atoms with Gasteiger partial charge in [-0.05, 0) is 12.8 Å². The minimum Gasteiger partial charge on any atom is -0.347 e. The maximum absolute atomic E-state index is 4.33. The van der Waals surface area contributed by atoms with Crippen molar-refractivity contribution in [3.05, 3.63) is 17.7 Å². The molecular weight excluding hydrogens is 150 g/mol. The standard InChI is InChI=1S/C9H15N3/c1-3-6-8-9(11-5-10-8)7(4-2)12-6/h5-7,12H,3-4H2,1-2H3,(H,10,11). The number of hydrogen-bond donors (Lipinski definition) is 2. The molecule has 3 heteroatoms. The van der Waals surface area contributed by atoms with Crippen LogP contribution in [0.15, 0.2) is 6.33 Å². The van der Waals surface area contributed by atoms with Gasteiger partial charge in [-0.2, -0.15) is 0 Å². The highest BCUT2D eigenvalue weighted by Crippen LogP contribution is 2.33. The van der Waals surface area contributed by atoms with E-state index in [1.807, 2.05) is 0 Å². The molecule has 12 heavy (non-hydrogen) atoms. The second-order valence-corrected chi connectivity index (χ2v) is 3.29. The predicted octanol–water partition coefficient (Wildman–Crippen LogP) is 1.92. The van der Waals surface area contributed by atoms with E-state index in [-0.39, 0.29) is 0 Å². The van der Waals surface area contributed by atoms with Crippen molar-refractivity contribution in [2.75, 3.05) is 0 Å². The maximum Gasteiger partial charge on any atom is 0.0926 e. The lowest BCUT2D eigenvalue weighted by Crippen LogP contribution is -2.17. The number of aromatic amines is 1. The van der Waals surface area contributed by atoms with Crippen LogP contribution in [-0.4, -0.2) is 9.97 Å². The Labute approximate surface area is 72.6 Å². The average molecular weight is 165 g/mol. The Morgan fingerprint density at radius 3 is 2.75 bits per heavy atom. The van der Waals surface area contributed by atoms with Gasteiger partial charge in [0.2, 0.25) is 0 Å². The SMILES string of the molecule is CCC1NC(CC)c2[nH]cnc21. The van der Waals surface area contributed by atoms with E-state index in [2.05, 4.69) is 29.1 Å². The summed E-state index contributed by atoms with van der Waals surface area (Å²) >= 11 is 0. The predicted molar refractivity (Wildman–Crippen MR) is 47.8 cm³/mol. The van der Waals surface area contributed by atoms with Gasteiger partial charge in [-0.1, -0.05) is 13.8 Å². The Morgan fingerprint density at radius 2 is 2.08 bits per heavy atom. The van der Waals surface area contributed by atoms with Crippen molar-refractivity contribution in [1.82, 2.24) is 15.3 Å². The Balaban J connectivity index is 2.31. The molecule has 2 atom stereocenters. The third-order valence-electron chi connectivity index (χ3n) is 2.60. The number of imidazole rings is 1. The summed E-state index contributed by atoms with van der Waals surface area (Å²) in [4.78, 5) is 7.54. The Hall–Kier alpha value is -0.830. The summed E-state index contributed by atoms with van der Waals surface area (Å²) in [5.74, 6) is 0. The third-order valence-corrected chi connectivity index (χ3v) is 2.60. The fourth-order valence-corrected chi connectivity index (χ4v) is 1.91. The van der Waals surface area contributed by atoms with Crippen LogP contribution in [0, 0.1) is 0 Å². The summed E-state index contributed by atoms with van der Waals surface area (Å²) in [5, 5.41) is 3.54. The molecule has 1 aliphatic heterocycles. The molecule has 0 saturated heterocycles. The first-order chi connectivity index (χ1) is 5.86. The molecule has 0 aliphatic carbocycles. The highest BCUT2D eigenvalue weighted by Gasteiger charge is 2.29. The molecular formula is C9H15N3. The van der Waals surface area contributed by atoms with Gasteiger partial charge in [-0.3, -0.25) is 0 Å². The summed E-state index contributed by atoms with van der Waals surface area (Å²) in [7, 11) is 0. The number of nitrogens with zero attached hydrogens (tertiary/aromatic N) is 1. The van der Waals surface area contributed by atoms with Crippen molar-refractivity contribution in [3.8, 4) is 0 Å². The minimum absolute atomic E-state index is 0.469. The van der Waals surface area contributed by atoms with E-state index < -0.39 is 0 Å². The van der Waals surface area contributed by atoms with Gasteiger partial charge in [0, 0.05) is 6.04 Å². The summed E-state index contributed by atoms with van der Waals surface area (Å²) in [6.45, 7) is 4.38. The average Bonchev–Trinajstić information content (AvgIpc) is 2.63. The zero-order valence-corrected chi connectivity index (χ0v) is 7.59. The quantitative estimate of drug-likeness (QED) is 0.702. The van der Waals surface area contributed by atoms with Crippen molar-refractivity contribution in [2.24, 2.45) is 0 Å². The first-order valence-electron chi connectivity index (χ1n) is 4.66. The van der Waals surface area contributed by atoms with E-state index in [9.17, 15) is 0 Å². The molecule has 2 N–H and O–H groups in total. The van der Waals surface area contributed by atoms with Crippen LogP contribution in [-0.2, 0) is 0 Å². The molecule has 0 bridgehead atoms. The molecule has 0 aromatic carbocycles. The molecule has 2 rings (SSSR count). The summed E-state index contributed by atoms with van der Waals surface area (Å²) in [6.07, 6.45) is 4.05. The first-order valence-corrected chi connectivity index (χ1v) is 4.66. The smallest absolute Gasteiger partial charge is 0.0926 e.